The lowest BCUT2D eigenvalue weighted by molar-refractivity contribution is -0.384. The van der Waals surface area contributed by atoms with Crippen molar-refractivity contribution in [2.75, 3.05) is 10.6 Å². The van der Waals surface area contributed by atoms with Crippen LogP contribution in [0, 0.1) is 23.6 Å². The quantitative estimate of drug-likeness (QED) is 0.0999. The maximum absolute atomic E-state index is 11.7. The third-order valence-electron chi connectivity index (χ3n) is 5.25. The molecule has 0 radical (unpaired) electrons. The summed E-state index contributed by atoms with van der Waals surface area (Å²) < 4.78 is 0. The monoisotopic (exact) mass is 493 g/mol. The molecule has 4 rings (SSSR count). The van der Waals surface area contributed by atoms with Crippen LogP contribution >= 0.6 is 0 Å². The van der Waals surface area contributed by atoms with Crippen LogP contribution in [0.1, 0.15) is 15.9 Å². The molecule has 1 heterocycles. The molecule has 0 atom stereocenters. The lowest BCUT2D eigenvalue weighted by Crippen LogP contribution is -2.01. The fourth-order valence-corrected chi connectivity index (χ4v) is 3.43. The molecule has 0 bridgehead atoms. The average Bonchev–Trinajstić information content (AvgIpc) is 2.89. The van der Waals surface area contributed by atoms with Crippen LogP contribution in [0.15, 0.2) is 89.1 Å². The molecule has 0 fully saturated rings. The zero-order chi connectivity index (χ0) is 26.4. The number of nitro groups is 1. The number of benzene rings is 3. The number of nitrogens with one attached hydrogen (secondary N) is 2. The maximum atomic E-state index is 11.7. The van der Waals surface area contributed by atoms with E-state index in [2.05, 4.69) is 30.7 Å². The molecule has 0 unspecified atom stereocenters. The number of anilines is 4. The smallest absolute Gasteiger partial charge is 0.338 e. The number of pyridine rings is 1. The molecule has 0 saturated heterocycles. The minimum Gasteiger partial charge on any atom is -0.478 e. The summed E-state index contributed by atoms with van der Waals surface area (Å²) >= 11 is 0. The van der Waals surface area contributed by atoms with Crippen molar-refractivity contribution in [2.45, 2.75) is 6.92 Å². The molecule has 0 saturated carbocycles. The summed E-state index contributed by atoms with van der Waals surface area (Å²) in [7, 11) is 0. The highest BCUT2D eigenvalue weighted by Crippen LogP contribution is 2.42. The van der Waals surface area contributed by atoms with Gasteiger partial charge in [-0.3, -0.25) is 10.1 Å². The summed E-state index contributed by atoms with van der Waals surface area (Å²) in [6.07, 6.45) is 0. The second-order valence-corrected chi connectivity index (χ2v) is 7.69. The molecule has 3 aromatic carbocycles. The van der Waals surface area contributed by atoms with Crippen LogP contribution in [0.2, 0.25) is 0 Å². The molecule has 4 aromatic rings. The molecule has 0 aliphatic heterocycles. The van der Waals surface area contributed by atoms with Gasteiger partial charge in [-0.25, -0.2) is 14.6 Å². The van der Waals surface area contributed by atoms with Gasteiger partial charge in [0.25, 0.3) is 5.69 Å². The number of carboxylic acid groups (broad SMARTS) is 1. The van der Waals surface area contributed by atoms with Gasteiger partial charge in [-0.05, 0) is 42.8 Å². The Kier molecular flexibility index (Phi) is 7.11. The number of hydrogen-bond acceptors (Lipinski definition) is 8. The Morgan fingerprint density at radius 1 is 0.973 bits per heavy atom. The average molecular weight is 493 g/mol. The predicted octanol–water partition coefficient (Wildman–Crippen LogP) is 7.45. The van der Waals surface area contributed by atoms with E-state index in [1.165, 1.54) is 6.07 Å². The zero-order valence-electron chi connectivity index (χ0n) is 19.4. The zero-order valence-corrected chi connectivity index (χ0v) is 19.4. The van der Waals surface area contributed by atoms with Crippen LogP contribution < -0.4 is 10.6 Å². The van der Waals surface area contributed by atoms with Gasteiger partial charge in [-0.1, -0.05) is 36.4 Å². The van der Waals surface area contributed by atoms with Crippen molar-refractivity contribution in [2.24, 2.45) is 10.2 Å². The van der Waals surface area contributed by atoms with Gasteiger partial charge in [-0.2, -0.15) is 0 Å². The molecule has 0 spiro atoms. The van der Waals surface area contributed by atoms with Gasteiger partial charge in [0.2, 0.25) is 5.69 Å². The van der Waals surface area contributed by atoms with Crippen LogP contribution in [0.3, 0.4) is 0 Å². The van der Waals surface area contributed by atoms with E-state index in [4.69, 9.17) is 6.57 Å². The molecule has 0 aliphatic rings. The molecular weight excluding hydrogens is 474 g/mol. The first kappa shape index (κ1) is 24.5. The van der Waals surface area contributed by atoms with E-state index in [0.717, 1.165) is 17.8 Å². The molecule has 37 heavy (non-hydrogen) atoms. The Labute approximate surface area is 211 Å². The van der Waals surface area contributed by atoms with Gasteiger partial charge >= 0.3 is 5.97 Å². The second kappa shape index (κ2) is 10.7. The number of nitro benzene ring substituents is 1. The molecular formula is C26H19N7O4. The van der Waals surface area contributed by atoms with Gasteiger partial charge in [0.05, 0.1) is 17.1 Å². The molecule has 11 heteroatoms. The van der Waals surface area contributed by atoms with E-state index in [1.54, 1.807) is 6.92 Å². The summed E-state index contributed by atoms with van der Waals surface area (Å²) in [6.45, 7) is 9.42. The fraction of sp³-hybridized carbons (Fsp3) is 0.0385. The van der Waals surface area contributed by atoms with Gasteiger partial charge in [0, 0.05) is 23.5 Å². The van der Waals surface area contributed by atoms with Gasteiger partial charge in [0.15, 0.2) is 5.82 Å². The van der Waals surface area contributed by atoms with Crippen molar-refractivity contribution < 1.29 is 14.8 Å². The van der Waals surface area contributed by atoms with Crippen molar-refractivity contribution in [3.8, 4) is 0 Å². The van der Waals surface area contributed by atoms with E-state index in [-0.39, 0.29) is 34.1 Å². The minimum atomic E-state index is -1.39. The molecule has 182 valence electrons. The Bertz CT molecular complexity index is 1550. The van der Waals surface area contributed by atoms with Crippen LogP contribution in [0.5, 0.6) is 0 Å². The largest absolute Gasteiger partial charge is 0.478 e. The summed E-state index contributed by atoms with van der Waals surface area (Å²) in [6, 6.07) is 21.7. The van der Waals surface area contributed by atoms with E-state index >= 15 is 0 Å². The number of azo groups is 1. The second-order valence-electron chi connectivity index (χ2n) is 7.69. The number of rotatable bonds is 8. The lowest BCUT2D eigenvalue weighted by Gasteiger charge is -2.16. The molecule has 3 N–H and O–H groups in total. The van der Waals surface area contributed by atoms with E-state index in [0.29, 0.717) is 17.1 Å². The fourth-order valence-electron chi connectivity index (χ4n) is 3.43. The minimum absolute atomic E-state index is 0.0842. The third kappa shape index (κ3) is 5.55. The SMILES string of the molecule is [C-]#[N+]c1c(Nc2ccccc2)nc(Nc2ccccc2)c(N=Nc2ccc([N+](=O)[O-])cc2C(=O)O)c1C. The number of hydrogen-bond donors (Lipinski definition) is 3. The Hall–Kier alpha value is -5.63. The number of non-ortho nitro benzene ring substituents is 1. The van der Waals surface area contributed by atoms with E-state index in [9.17, 15) is 20.0 Å². The highest BCUT2D eigenvalue weighted by atomic mass is 16.6. The van der Waals surface area contributed by atoms with Crippen LogP contribution in [0.4, 0.5) is 45.8 Å². The van der Waals surface area contributed by atoms with Crippen LogP contribution in [-0.2, 0) is 0 Å². The Balaban J connectivity index is 1.84. The van der Waals surface area contributed by atoms with Gasteiger partial charge in [0.1, 0.15) is 17.2 Å². The number of para-hydroxylation sites is 2. The summed E-state index contributed by atoms with van der Waals surface area (Å²) in [5, 5.41) is 35.2. The first-order valence-electron chi connectivity index (χ1n) is 10.9. The van der Waals surface area contributed by atoms with Crippen molar-refractivity contribution in [1.29, 1.82) is 0 Å². The lowest BCUT2D eigenvalue weighted by atomic mass is 10.1. The standard InChI is InChI=1S/C26H19N7O4/c1-16-22(27-2)24(28-17-9-5-3-6-10-17)30-25(29-18-11-7-4-8-12-18)23(16)32-31-21-14-13-19(33(36)37)15-20(21)26(34)35/h3-15H,1H3,(H,34,35)(H2,28,29,30). The number of aromatic carboxylic acids is 1. The first-order valence-corrected chi connectivity index (χ1v) is 10.9. The first-order chi connectivity index (χ1) is 17.9. The summed E-state index contributed by atoms with van der Waals surface area (Å²) in [5.74, 6) is -0.811. The Morgan fingerprint density at radius 2 is 1.57 bits per heavy atom. The summed E-state index contributed by atoms with van der Waals surface area (Å²) in [4.78, 5) is 30.3. The van der Waals surface area contributed by atoms with Crippen molar-refractivity contribution in [3.05, 3.63) is 112 Å². The molecule has 11 nitrogen and oxygen atoms in total. The maximum Gasteiger partial charge on any atom is 0.338 e. The highest BCUT2D eigenvalue weighted by molar-refractivity contribution is 5.94. The highest BCUT2D eigenvalue weighted by Gasteiger charge is 2.20. The topological polar surface area (TPSA) is 146 Å². The summed E-state index contributed by atoms with van der Waals surface area (Å²) in [5.41, 5.74) is 1.45. The predicted molar refractivity (Wildman–Crippen MR) is 139 cm³/mol. The van der Waals surface area contributed by atoms with E-state index in [1.807, 2.05) is 60.7 Å². The third-order valence-corrected chi connectivity index (χ3v) is 5.25. The number of nitrogens with zero attached hydrogens (tertiary/aromatic N) is 5. The molecule has 0 aliphatic carbocycles. The normalized spacial score (nSPS) is 10.6. The Morgan fingerprint density at radius 3 is 2.11 bits per heavy atom. The number of aromatic nitrogens is 1. The van der Waals surface area contributed by atoms with E-state index < -0.39 is 10.9 Å². The van der Waals surface area contributed by atoms with Crippen molar-refractivity contribution in [1.82, 2.24) is 4.98 Å². The van der Waals surface area contributed by atoms with Crippen LogP contribution in [-0.4, -0.2) is 21.0 Å². The van der Waals surface area contributed by atoms with Gasteiger partial charge < -0.3 is 15.7 Å². The van der Waals surface area contributed by atoms with Crippen LogP contribution in [0.25, 0.3) is 4.85 Å². The van der Waals surface area contributed by atoms with Crippen molar-refractivity contribution in [3.63, 3.8) is 0 Å². The molecule has 1 aromatic heterocycles. The molecule has 0 amide bonds. The number of carbonyl (C=O) groups is 1. The number of carboxylic acids is 1. The van der Waals surface area contributed by atoms with Crippen molar-refractivity contribution >= 4 is 51.7 Å². The van der Waals surface area contributed by atoms with Gasteiger partial charge in [-0.15, -0.1) is 10.2 Å².